The van der Waals surface area contributed by atoms with E-state index in [4.69, 9.17) is 5.73 Å². The van der Waals surface area contributed by atoms with Crippen LogP contribution in [0.25, 0.3) is 0 Å². The second-order valence-corrected chi connectivity index (χ2v) is 6.24. The Hall–Kier alpha value is -2.44. The molecule has 7 heteroatoms. The maximum absolute atomic E-state index is 12.2. The third-order valence-electron chi connectivity index (χ3n) is 3.87. The van der Waals surface area contributed by atoms with Crippen molar-refractivity contribution in [2.75, 3.05) is 5.32 Å². The highest BCUT2D eigenvalue weighted by Crippen LogP contribution is 2.13. The molecule has 0 spiro atoms. The Morgan fingerprint density at radius 2 is 1.88 bits per heavy atom. The fraction of sp³-hybridized carbons (Fsp3) is 0.316. The summed E-state index contributed by atoms with van der Waals surface area (Å²) in [5.74, 6) is -0.387. The van der Waals surface area contributed by atoms with Crippen LogP contribution in [0.4, 0.5) is 5.69 Å². The fourth-order valence-corrected chi connectivity index (χ4v) is 2.48. The maximum Gasteiger partial charge on any atom is 0.255 e. The minimum absolute atomic E-state index is 0. The van der Waals surface area contributed by atoms with Crippen LogP contribution in [0.1, 0.15) is 42.6 Å². The van der Waals surface area contributed by atoms with Gasteiger partial charge in [0, 0.05) is 30.2 Å². The standard InChI is InChI=1S/C19H24N4O2.ClH/c1-3-9-19(2,20)18(25)22-13-14-5-4-6-16(12-14)23-17(24)15-7-10-21-11-8-15;/h4-8,10-12H,3,9,13,20H2,1-2H3,(H,22,25)(H,23,24);1H. The molecule has 1 heterocycles. The van der Waals surface area contributed by atoms with Gasteiger partial charge < -0.3 is 16.4 Å². The number of nitrogens with two attached hydrogens (primary N) is 1. The first-order chi connectivity index (χ1) is 11.9. The Labute approximate surface area is 160 Å². The molecular weight excluding hydrogens is 352 g/mol. The molecule has 2 aromatic rings. The summed E-state index contributed by atoms with van der Waals surface area (Å²) in [4.78, 5) is 28.2. The highest BCUT2D eigenvalue weighted by molar-refractivity contribution is 6.04. The summed E-state index contributed by atoms with van der Waals surface area (Å²) >= 11 is 0. The summed E-state index contributed by atoms with van der Waals surface area (Å²) in [6.07, 6.45) is 4.61. The molecule has 0 aliphatic rings. The van der Waals surface area contributed by atoms with Crippen molar-refractivity contribution in [1.82, 2.24) is 10.3 Å². The van der Waals surface area contributed by atoms with Crippen LogP contribution in [0.5, 0.6) is 0 Å². The van der Waals surface area contributed by atoms with E-state index in [9.17, 15) is 9.59 Å². The number of hydrogen-bond donors (Lipinski definition) is 3. The topological polar surface area (TPSA) is 97.1 Å². The number of benzene rings is 1. The van der Waals surface area contributed by atoms with Crippen LogP contribution in [-0.4, -0.2) is 22.3 Å². The number of anilines is 1. The lowest BCUT2D eigenvalue weighted by Crippen LogP contribution is -2.51. The van der Waals surface area contributed by atoms with Crippen LogP contribution in [0.15, 0.2) is 48.8 Å². The third kappa shape index (κ3) is 6.13. The van der Waals surface area contributed by atoms with E-state index in [1.54, 1.807) is 37.5 Å². The SMILES string of the molecule is CCCC(C)(N)C(=O)NCc1cccc(NC(=O)c2ccncc2)c1.Cl. The molecule has 2 amide bonds. The molecule has 26 heavy (non-hydrogen) atoms. The molecule has 6 nitrogen and oxygen atoms in total. The van der Waals surface area contributed by atoms with E-state index in [1.807, 2.05) is 25.1 Å². The molecule has 1 atom stereocenters. The normalized spacial score (nSPS) is 12.4. The largest absolute Gasteiger partial charge is 0.350 e. The molecule has 140 valence electrons. The third-order valence-corrected chi connectivity index (χ3v) is 3.87. The van der Waals surface area contributed by atoms with E-state index < -0.39 is 5.54 Å². The highest BCUT2D eigenvalue weighted by atomic mass is 35.5. The number of halogens is 1. The quantitative estimate of drug-likeness (QED) is 0.692. The zero-order valence-electron chi connectivity index (χ0n) is 15.0. The van der Waals surface area contributed by atoms with Crippen LogP contribution in [0.3, 0.4) is 0 Å². The van der Waals surface area contributed by atoms with Crippen LogP contribution in [-0.2, 0) is 11.3 Å². The second kappa shape index (κ2) is 9.89. The molecular formula is C19H25ClN4O2. The minimum atomic E-state index is -0.873. The van der Waals surface area contributed by atoms with Gasteiger partial charge in [-0.2, -0.15) is 0 Å². The van der Waals surface area contributed by atoms with Gasteiger partial charge in [0.1, 0.15) is 0 Å². The average Bonchev–Trinajstić information content (AvgIpc) is 2.60. The molecule has 4 N–H and O–H groups in total. The molecule has 0 aliphatic heterocycles. The lowest BCUT2D eigenvalue weighted by Gasteiger charge is -2.22. The van der Waals surface area contributed by atoms with Crippen molar-refractivity contribution in [3.8, 4) is 0 Å². The molecule has 0 aliphatic carbocycles. The van der Waals surface area contributed by atoms with Gasteiger partial charge in [-0.15, -0.1) is 12.4 Å². The Bertz CT molecular complexity index is 735. The number of amides is 2. The van der Waals surface area contributed by atoms with Gasteiger partial charge in [-0.25, -0.2) is 0 Å². The minimum Gasteiger partial charge on any atom is -0.350 e. The first-order valence-electron chi connectivity index (χ1n) is 8.30. The predicted octanol–water partition coefficient (Wildman–Crippen LogP) is 2.89. The van der Waals surface area contributed by atoms with E-state index in [2.05, 4.69) is 15.6 Å². The number of nitrogens with zero attached hydrogens (tertiary/aromatic N) is 1. The maximum atomic E-state index is 12.2. The van der Waals surface area contributed by atoms with Crippen molar-refractivity contribution < 1.29 is 9.59 Å². The summed E-state index contributed by atoms with van der Waals surface area (Å²) in [6.45, 7) is 4.08. The smallest absolute Gasteiger partial charge is 0.255 e. The van der Waals surface area contributed by atoms with Crippen molar-refractivity contribution >= 4 is 29.9 Å². The van der Waals surface area contributed by atoms with E-state index in [-0.39, 0.29) is 24.2 Å². The van der Waals surface area contributed by atoms with E-state index >= 15 is 0 Å². The summed E-state index contributed by atoms with van der Waals surface area (Å²) in [5.41, 5.74) is 7.23. The van der Waals surface area contributed by atoms with Crippen LogP contribution in [0.2, 0.25) is 0 Å². The van der Waals surface area contributed by atoms with E-state index in [0.29, 0.717) is 24.2 Å². The number of carbonyl (C=O) groups is 2. The molecule has 2 rings (SSSR count). The van der Waals surface area contributed by atoms with Gasteiger partial charge in [0.05, 0.1) is 5.54 Å². The Kier molecular flexibility index (Phi) is 8.22. The number of hydrogen-bond acceptors (Lipinski definition) is 4. The first-order valence-corrected chi connectivity index (χ1v) is 8.30. The second-order valence-electron chi connectivity index (χ2n) is 6.24. The number of carbonyl (C=O) groups excluding carboxylic acids is 2. The summed E-state index contributed by atoms with van der Waals surface area (Å²) in [5, 5.41) is 5.68. The summed E-state index contributed by atoms with van der Waals surface area (Å²) < 4.78 is 0. The Morgan fingerprint density at radius 3 is 2.54 bits per heavy atom. The number of aromatic nitrogens is 1. The van der Waals surface area contributed by atoms with Crippen molar-refractivity contribution in [2.24, 2.45) is 5.73 Å². The zero-order chi connectivity index (χ0) is 18.3. The van der Waals surface area contributed by atoms with Crippen LogP contribution in [0, 0.1) is 0 Å². The van der Waals surface area contributed by atoms with Gasteiger partial charge >= 0.3 is 0 Å². The molecule has 0 saturated carbocycles. The zero-order valence-corrected chi connectivity index (χ0v) is 15.8. The van der Waals surface area contributed by atoms with Crippen molar-refractivity contribution in [2.45, 2.75) is 38.8 Å². The molecule has 1 aromatic heterocycles. The van der Waals surface area contributed by atoms with Crippen LogP contribution >= 0.6 is 12.4 Å². The van der Waals surface area contributed by atoms with Crippen LogP contribution < -0.4 is 16.4 Å². The highest BCUT2D eigenvalue weighted by Gasteiger charge is 2.26. The van der Waals surface area contributed by atoms with Crippen molar-refractivity contribution in [3.63, 3.8) is 0 Å². The first kappa shape index (κ1) is 21.6. The summed E-state index contributed by atoms with van der Waals surface area (Å²) in [6, 6.07) is 10.6. The van der Waals surface area contributed by atoms with E-state index in [1.165, 1.54) is 0 Å². The van der Waals surface area contributed by atoms with Crippen molar-refractivity contribution in [1.29, 1.82) is 0 Å². The van der Waals surface area contributed by atoms with E-state index in [0.717, 1.165) is 12.0 Å². The van der Waals surface area contributed by atoms with Gasteiger partial charge in [0.2, 0.25) is 5.91 Å². The Balaban J connectivity index is 0.00000338. The monoisotopic (exact) mass is 376 g/mol. The molecule has 0 saturated heterocycles. The van der Waals surface area contributed by atoms with Crippen molar-refractivity contribution in [3.05, 3.63) is 59.9 Å². The lowest BCUT2D eigenvalue weighted by atomic mass is 9.96. The molecule has 0 fully saturated rings. The molecule has 0 bridgehead atoms. The van der Waals surface area contributed by atoms with Gasteiger partial charge in [-0.1, -0.05) is 25.5 Å². The number of pyridine rings is 1. The van der Waals surface area contributed by atoms with Gasteiger partial charge in [0.25, 0.3) is 5.91 Å². The fourth-order valence-electron chi connectivity index (χ4n) is 2.48. The average molecular weight is 377 g/mol. The number of nitrogens with one attached hydrogen (secondary N) is 2. The number of rotatable bonds is 7. The molecule has 1 aromatic carbocycles. The molecule has 0 radical (unpaired) electrons. The lowest BCUT2D eigenvalue weighted by molar-refractivity contribution is -0.126. The summed E-state index contributed by atoms with van der Waals surface area (Å²) in [7, 11) is 0. The van der Waals surface area contributed by atoms with Gasteiger partial charge in [0.15, 0.2) is 0 Å². The molecule has 1 unspecified atom stereocenters. The Morgan fingerprint density at radius 1 is 1.19 bits per heavy atom. The predicted molar refractivity (Wildman–Crippen MR) is 105 cm³/mol. The van der Waals surface area contributed by atoms with Gasteiger partial charge in [-0.05, 0) is 43.2 Å². The van der Waals surface area contributed by atoms with Gasteiger partial charge in [-0.3, -0.25) is 14.6 Å².